The summed E-state index contributed by atoms with van der Waals surface area (Å²) in [6.45, 7) is 2.08. The molecule has 0 radical (unpaired) electrons. The molecule has 0 saturated heterocycles. The van der Waals surface area contributed by atoms with Gasteiger partial charge in [0.2, 0.25) is 0 Å². The lowest BCUT2D eigenvalue weighted by Crippen LogP contribution is -1.98. The summed E-state index contributed by atoms with van der Waals surface area (Å²) in [5.74, 6) is 0. The molecule has 4 heteroatoms. The SMILES string of the molecule is Cc1cc(CC(O)c2cncs2)cs1. The summed E-state index contributed by atoms with van der Waals surface area (Å²) in [4.78, 5) is 6.18. The standard InChI is InChI=1S/C10H11NOS2/c1-7-2-8(5-13-7)3-9(12)10-4-11-6-14-10/h2,4-6,9,12H,3H2,1H3. The molecule has 0 spiro atoms. The van der Waals surface area contributed by atoms with Crippen LogP contribution in [0.5, 0.6) is 0 Å². The van der Waals surface area contributed by atoms with Gasteiger partial charge in [0.25, 0.3) is 0 Å². The summed E-state index contributed by atoms with van der Waals surface area (Å²) in [7, 11) is 0. The van der Waals surface area contributed by atoms with E-state index >= 15 is 0 Å². The minimum absolute atomic E-state index is 0.406. The van der Waals surface area contributed by atoms with E-state index in [2.05, 4.69) is 23.4 Å². The maximum Gasteiger partial charge on any atom is 0.0938 e. The molecular weight excluding hydrogens is 214 g/mol. The molecule has 0 aromatic carbocycles. The van der Waals surface area contributed by atoms with Crippen molar-refractivity contribution >= 4 is 22.7 Å². The van der Waals surface area contributed by atoms with Crippen molar-refractivity contribution in [1.29, 1.82) is 0 Å². The van der Waals surface area contributed by atoms with Gasteiger partial charge in [0, 0.05) is 17.5 Å². The zero-order chi connectivity index (χ0) is 9.97. The number of thiazole rings is 1. The highest BCUT2D eigenvalue weighted by Crippen LogP contribution is 2.23. The molecule has 0 aliphatic rings. The van der Waals surface area contributed by atoms with E-state index < -0.39 is 6.10 Å². The monoisotopic (exact) mass is 225 g/mol. The predicted octanol–water partition coefficient (Wildman–Crippen LogP) is 2.79. The fourth-order valence-electron chi connectivity index (χ4n) is 1.32. The van der Waals surface area contributed by atoms with Crippen molar-refractivity contribution in [1.82, 2.24) is 4.98 Å². The third kappa shape index (κ3) is 2.20. The number of aromatic nitrogens is 1. The van der Waals surface area contributed by atoms with Gasteiger partial charge < -0.3 is 5.11 Å². The van der Waals surface area contributed by atoms with Gasteiger partial charge in [-0.3, -0.25) is 4.98 Å². The molecule has 2 aromatic heterocycles. The zero-order valence-corrected chi connectivity index (χ0v) is 9.44. The molecule has 2 rings (SSSR count). The molecule has 14 heavy (non-hydrogen) atoms. The van der Waals surface area contributed by atoms with Crippen LogP contribution in [0.3, 0.4) is 0 Å². The number of aryl methyl sites for hydroxylation is 1. The van der Waals surface area contributed by atoms with Crippen molar-refractivity contribution in [3.8, 4) is 0 Å². The Bertz CT molecular complexity index is 394. The van der Waals surface area contributed by atoms with Crippen LogP contribution in [0, 0.1) is 6.92 Å². The number of aliphatic hydroxyl groups is 1. The Labute approximate surface area is 90.9 Å². The highest BCUT2D eigenvalue weighted by molar-refractivity contribution is 7.10. The summed E-state index contributed by atoms with van der Waals surface area (Å²) >= 11 is 3.22. The minimum atomic E-state index is -0.406. The van der Waals surface area contributed by atoms with Gasteiger partial charge in [0.15, 0.2) is 0 Å². The van der Waals surface area contributed by atoms with E-state index in [4.69, 9.17) is 0 Å². The third-order valence-corrected chi connectivity index (χ3v) is 3.78. The lowest BCUT2D eigenvalue weighted by molar-refractivity contribution is 0.182. The summed E-state index contributed by atoms with van der Waals surface area (Å²) < 4.78 is 0. The molecule has 0 aliphatic carbocycles. The summed E-state index contributed by atoms with van der Waals surface area (Å²) in [6.07, 6.45) is 2.01. The molecule has 0 aliphatic heterocycles. The fraction of sp³-hybridized carbons (Fsp3) is 0.300. The number of thiophene rings is 1. The first-order chi connectivity index (χ1) is 6.75. The molecule has 1 atom stereocenters. The van der Waals surface area contributed by atoms with Crippen LogP contribution in [0.4, 0.5) is 0 Å². The van der Waals surface area contributed by atoms with Gasteiger partial charge in [-0.15, -0.1) is 22.7 Å². The predicted molar refractivity (Wildman–Crippen MR) is 59.8 cm³/mol. The van der Waals surface area contributed by atoms with Crippen LogP contribution in [0.25, 0.3) is 0 Å². The third-order valence-electron chi connectivity index (χ3n) is 1.99. The lowest BCUT2D eigenvalue weighted by atomic mass is 10.1. The highest BCUT2D eigenvalue weighted by Gasteiger charge is 2.10. The fourth-order valence-corrected chi connectivity index (χ4v) is 2.65. The summed E-state index contributed by atoms with van der Waals surface area (Å²) in [5.41, 5.74) is 2.95. The van der Waals surface area contributed by atoms with Crippen molar-refractivity contribution < 1.29 is 5.11 Å². The van der Waals surface area contributed by atoms with Crippen LogP contribution in [0.1, 0.15) is 21.4 Å². The molecule has 1 unspecified atom stereocenters. The summed E-state index contributed by atoms with van der Waals surface area (Å²) in [6, 6.07) is 2.12. The second-order valence-electron chi connectivity index (χ2n) is 3.19. The molecular formula is C10H11NOS2. The zero-order valence-electron chi connectivity index (χ0n) is 7.80. The van der Waals surface area contributed by atoms with Gasteiger partial charge in [0.1, 0.15) is 0 Å². The van der Waals surface area contributed by atoms with Gasteiger partial charge >= 0.3 is 0 Å². The number of nitrogens with zero attached hydrogens (tertiary/aromatic N) is 1. The van der Waals surface area contributed by atoms with Gasteiger partial charge in [-0.25, -0.2) is 0 Å². The lowest BCUT2D eigenvalue weighted by Gasteiger charge is -2.05. The molecule has 0 saturated carbocycles. The van der Waals surface area contributed by atoms with Crippen molar-refractivity contribution in [3.63, 3.8) is 0 Å². The first-order valence-electron chi connectivity index (χ1n) is 4.36. The molecule has 74 valence electrons. The van der Waals surface area contributed by atoms with Crippen molar-refractivity contribution in [3.05, 3.63) is 38.5 Å². The van der Waals surface area contributed by atoms with E-state index in [0.717, 1.165) is 4.88 Å². The van der Waals surface area contributed by atoms with Gasteiger partial charge in [-0.1, -0.05) is 0 Å². The number of aliphatic hydroxyl groups excluding tert-OH is 1. The molecule has 0 amide bonds. The van der Waals surface area contributed by atoms with Crippen molar-refractivity contribution in [2.24, 2.45) is 0 Å². The van der Waals surface area contributed by atoms with Crippen LogP contribution in [0.2, 0.25) is 0 Å². The first-order valence-corrected chi connectivity index (χ1v) is 6.12. The Morgan fingerprint density at radius 1 is 1.50 bits per heavy atom. The van der Waals surface area contributed by atoms with E-state index in [1.54, 1.807) is 23.0 Å². The average Bonchev–Trinajstić information content (AvgIpc) is 2.75. The second-order valence-corrected chi connectivity index (χ2v) is 5.22. The number of rotatable bonds is 3. The van der Waals surface area contributed by atoms with Gasteiger partial charge in [-0.05, 0) is 23.9 Å². The average molecular weight is 225 g/mol. The molecule has 0 bridgehead atoms. The topological polar surface area (TPSA) is 33.1 Å². The van der Waals surface area contributed by atoms with Crippen LogP contribution >= 0.6 is 22.7 Å². The van der Waals surface area contributed by atoms with E-state index in [1.807, 2.05) is 0 Å². The Balaban J connectivity index is 2.05. The maximum absolute atomic E-state index is 9.85. The minimum Gasteiger partial charge on any atom is -0.387 e. The smallest absolute Gasteiger partial charge is 0.0938 e. The van der Waals surface area contributed by atoms with Crippen molar-refractivity contribution in [2.45, 2.75) is 19.4 Å². The number of hydrogen-bond acceptors (Lipinski definition) is 4. The summed E-state index contributed by atoms with van der Waals surface area (Å²) in [5, 5.41) is 11.9. The molecule has 2 heterocycles. The van der Waals surface area contributed by atoms with E-state index in [0.29, 0.717) is 6.42 Å². The Hall–Kier alpha value is -0.710. The quantitative estimate of drug-likeness (QED) is 0.871. The molecule has 2 aromatic rings. The van der Waals surface area contributed by atoms with E-state index in [-0.39, 0.29) is 0 Å². The second kappa shape index (κ2) is 4.21. The Morgan fingerprint density at radius 3 is 2.93 bits per heavy atom. The van der Waals surface area contributed by atoms with Gasteiger partial charge in [-0.2, -0.15) is 0 Å². The Kier molecular flexibility index (Phi) is 2.96. The van der Waals surface area contributed by atoms with Crippen LogP contribution < -0.4 is 0 Å². The van der Waals surface area contributed by atoms with Crippen LogP contribution in [0.15, 0.2) is 23.2 Å². The molecule has 0 fully saturated rings. The van der Waals surface area contributed by atoms with Crippen LogP contribution in [-0.2, 0) is 6.42 Å². The van der Waals surface area contributed by atoms with E-state index in [9.17, 15) is 5.11 Å². The number of hydrogen-bond donors (Lipinski definition) is 1. The highest BCUT2D eigenvalue weighted by atomic mass is 32.1. The normalized spacial score (nSPS) is 13.0. The largest absolute Gasteiger partial charge is 0.387 e. The first kappa shape index (κ1) is 9.83. The molecule has 1 N–H and O–H groups in total. The van der Waals surface area contributed by atoms with Crippen LogP contribution in [-0.4, -0.2) is 10.1 Å². The maximum atomic E-state index is 9.85. The van der Waals surface area contributed by atoms with Gasteiger partial charge in [0.05, 0.1) is 16.5 Å². The Morgan fingerprint density at radius 2 is 2.36 bits per heavy atom. The van der Waals surface area contributed by atoms with E-state index in [1.165, 1.54) is 21.8 Å². The molecule has 2 nitrogen and oxygen atoms in total. The van der Waals surface area contributed by atoms with Crippen molar-refractivity contribution in [2.75, 3.05) is 0 Å².